The Kier molecular flexibility index (Phi) is 3.96. The van der Waals surface area contributed by atoms with E-state index in [1.165, 1.54) is 17.5 Å². The number of nitrogens with one attached hydrogen (secondary N) is 1. The van der Waals surface area contributed by atoms with Gasteiger partial charge >= 0.3 is 0 Å². The molecule has 2 aromatic rings. The van der Waals surface area contributed by atoms with Gasteiger partial charge in [0.1, 0.15) is 12.1 Å². The smallest absolute Gasteiger partial charge is 0.119 e. The van der Waals surface area contributed by atoms with Gasteiger partial charge in [-0.3, -0.25) is 0 Å². The summed E-state index contributed by atoms with van der Waals surface area (Å²) in [6, 6.07) is 22.4. The maximum absolute atomic E-state index is 11.1. The molecule has 4 rings (SSSR count). The molecule has 1 saturated carbocycles. The first-order chi connectivity index (χ1) is 11.3. The second-order valence-electron chi connectivity index (χ2n) is 7.27. The van der Waals surface area contributed by atoms with Gasteiger partial charge in [0.15, 0.2) is 0 Å². The highest BCUT2D eigenvalue weighted by molar-refractivity contribution is 5.23. The molecule has 0 aromatic heterocycles. The summed E-state index contributed by atoms with van der Waals surface area (Å²) in [7, 11) is 2.33. The van der Waals surface area contributed by atoms with Crippen molar-refractivity contribution in [3.05, 3.63) is 71.8 Å². The molecule has 2 nitrogen and oxygen atoms in total. The minimum absolute atomic E-state index is 0.178. The molecule has 2 aliphatic rings. The molecule has 2 unspecified atom stereocenters. The summed E-state index contributed by atoms with van der Waals surface area (Å²) in [6.07, 6.45) is 3.36. The van der Waals surface area contributed by atoms with Crippen LogP contribution in [-0.4, -0.2) is 18.3 Å². The first-order valence-electron chi connectivity index (χ1n) is 8.88. The van der Waals surface area contributed by atoms with Crippen LogP contribution in [-0.2, 0) is 0 Å². The van der Waals surface area contributed by atoms with Crippen molar-refractivity contribution in [2.24, 2.45) is 11.8 Å². The fourth-order valence-electron chi connectivity index (χ4n) is 5.19. The van der Waals surface area contributed by atoms with Gasteiger partial charge < -0.3 is 10.0 Å². The van der Waals surface area contributed by atoms with E-state index in [1.54, 1.807) is 4.90 Å². The van der Waals surface area contributed by atoms with Crippen LogP contribution in [0.4, 0.5) is 0 Å². The summed E-state index contributed by atoms with van der Waals surface area (Å²) in [4.78, 5) is 1.54. The lowest BCUT2D eigenvalue weighted by Gasteiger charge is -2.51. The first kappa shape index (κ1) is 14.9. The lowest BCUT2D eigenvalue weighted by atomic mass is 9.65. The predicted octanol–water partition coefficient (Wildman–Crippen LogP) is 2.77. The van der Waals surface area contributed by atoms with Crippen LogP contribution in [0.25, 0.3) is 0 Å². The number of benzene rings is 2. The van der Waals surface area contributed by atoms with E-state index in [4.69, 9.17) is 0 Å². The fourth-order valence-corrected chi connectivity index (χ4v) is 5.19. The summed E-state index contributed by atoms with van der Waals surface area (Å²) < 4.78 is 0. The van der Waals surface area contributed by atoms with E-state index in [9.17, 15) is 5.11 Å². The van der Waals surface area contributed by atoms with Crippen LogP contribution in [0, 0.1) is 11.8 Å². The molecule has 1 aliphatic carbocycles. The highest BCUT2D eigenvalue weighted by Gasteiger charge is 2.52. The van der Waals surface area contributed by atoms with E-state index >= 15 is 0 Å². The number of hydrogen-bond acceptors (Lipinski definition) is 1. The van der Waals surface area contributed by atoms with Crippen LogP contribution >= 0.6 is 0 Å². The zero-order valence-corrected chi connectivity index (χ0v) is 13.7. The molecule has 0 amide bonds. The third kappa shape index (κ3) is 2.50. The summed E-state index contributed by atoms with van der Waals surface area (Å²) in [5.41, 5.74) is 2.74. The van der Waals surface area contributed by atoms with E-state index in [1.807, 2.05) is 0 Å². The van der Waals surface area contributed by atoms with Crippen LogP contribution < -0.4 is 4.90 Å². The van der Waals surface area contributed by atoms with Crippen LogP contribution in [0.2, 0.25) is 0 Å². The van der Waals surface area contributed by atoms with E-state index in [0.29, 0.717) is 23.9 Å². The average Bonchev–Trinajstić information content (AvgIpc) is 2.59. The van der Waals surface area contributed by atoms with Gasteiger partial charge in [-0.25, -0.2) is 0 Å². The van der Waals surface area contributed by atoms with Gasteiger partial charge in [0.25, 0.3) is 0 Å². The Hall–Kier alpha value is -1.64. The molecule has 2 aromatic carbocycles. The predicted molar refractivity (Wildman–Crippen MR) is 92.1 cm³/mol. The largest absolute Gasteiger partial charge is 0.392 e. The Bertz CT molecular complexity index is 586. The van der Waals surface area contributed by atoms with Crippen molar-refractivity contribution < 1.29 is 10.0 Å². The Balaban J connectivity index is 1.78. The molecule has 6 atom stereocenters. The standard InChI is InChI=1S/C21H25NO/c1-22-19(15-9-4-2-5-10-15)17-13-8-14-18(21(17)23)20(22)16-11-6-3-7-12-16/h2-7,9-12,17-21,23H,8,13-14H2,1H3/p+1/t17-,18+,19-,20-,21?/m1/s1. The molecule has 2 bridgehead atoms. The number of aliphatic hydroxyl groups excluding tert-OH is 1. The van der Waals surface area contributed by atoms with Gasteiger partial charge in [-0.1, -0.05) is 67.1 Å². The molecule has 23 heavy (non-hydrogen) atoms. The Morgan fingerprint density at radius 1 is 0.783 bits per heavy atom. The van der Waals surface area contributed by atoms with Crippen molar-refractivity contribution in [1.82, 2.24) is 0 Å². The van der Waals surface area contributed by atoms with Crippen molar-refractivity contribution in [3.8, 4) is 0 Å². The Morgan fingerprint density at radius 3 is 1.65 bits per heavy atom. The van der Waals surface area contributed by atoms with Gasteiger partial charge in [0.05, 0.1) is 13.2 Å². The number of fused-ring (bicyclic) bond motifs is 2. The number of hydrogen-bond donors (Lipinski definition) is 2. The molecule has 2 fully saturated rings. The number of aliphatic hydroxyl groups is 1. The summed E-state index contributed by atoms with van der Waals surface area (Å²) in [5, 5.41) is 11.1. The zero-order chi connectivity index (χ0) is 15.8. The van der Waals surface area contributed by atoms with E-state index in [0.717, 1.165) is 12.8 Å². The highest BCUT2D eigenvalue weighted by Crippen LogP contribution is 2.44. The second kappa shape index (κ2) is 6.10. The molecule has 1 heterocycles. The molecule has 0 radical (unpaired) electrons. The summed E-state index contributed by atoms with van der Waals surface area (Å²) in [6.45, 7) is 0. The Morgan fingerprint density at radius 2 is 1.22 bits per heavy atom. The quantitative estimate of drug-likeness (QED) is 0.876. The molecule has 0 spiro atoms. The maximum atomic E-state index is 11.1. The molecule has 2 heteroatoms. The molecule has 2 N–H and O–H groups in total. The zero-order valence-electron chi connectivity index (χ0n) is 13.7. The first-order valence-corrected chi connectivity index (χ1v) is 8.88. The molecule has 1 aliphatic heterocycles. The number of likely N-dealkylation sites (tertiary alicyclic amines) is 1. The molecular weight excluding hydrogens is 282 g/mol. The van der Waals surface area contributed by atoms with E-state index < -0.39 is 0 Å². The highest BCUT2D eigenvalue weighted by atomic mass is 16.3. The lowest BCUT2D eigenvalue weighted by Crippen LogP contribution is -3.13. The summed E-state index contributed by atoms with van der Waals surface area (Å²) in [5.74, 6) is 0.771. The van der Waals surface area contributed by atoms with Crippen molar-refractivity contribution in [2.75, 3.05) is 7.05 Å². The van der Waals surface area contributed by atoms with E-state index in [-0.39, 0.29) is 6.10 Å². The number of piperidine rings is 1. The van der Waals surface area contributed by atoms with Gasteiger partial charge in [0.2, 0.25) is 0 Å². The van der Waals surface area contributed by atoms with Gasteiger partial charge in [-0.15, -0.1) is 0 Å². The lowest BCUT2D eigenvalue weighted by molar-refractivity contribution is -0.961. The Labute approximate surface area is 138 Å². The fraction of sp³-hybridized carbons (Fsp3) is 0.429. The molecule has 120 valence electrons. The summed E-state index contributed by atoms with van der Waals surface area (Å²) >= 11 is 0. The van der Waals surface area contributed by atoms with Crippen LogP contribution in [0.5, 0.6) is 0 Å². The topological polar surface area (TPSA) is 24.7 Å². The van der Waals surface area contributed by atoms with Gasteiger partial charge in [-0.05, 0) is 12.8 Å². The normalized spacial score (nSPS) is 36.6. The van der Waals surface area contributed by atoms with Crippen molar-refractivity contribution in [1.29, 1.82) is 0 Å². The van der Waals surface area contributed by atoms with Crippen LogP contribution in [0.3, 0.4) is 0 Å². The second-order valence-corrected chi connectivity index (χ2v) is 7.27. The number of rotatable bonds is 2. The number of quaternary nitrogens is 1. The monoisotopic (exact) mass is 308 g/mol. The van der Waals surface area contributed by atoms with Crippen molar-refractivity contribution in [3.63, 3.8) is 0 Å². The van der Waals surface area contributed by atoms with E-state index in [2.05, 4.69) is 67.7 Å². The van der Waals surface area contributed by atoms with Gasteiger partial charge in [-0.2, -0.15) is 0 Å². The SMILES string of the molecule is C[NH+]1[C@H](c2ccccc2)[C@@H]2CCC[C@@H](C2O)[C@H]1c1ccccc1. The minimum atomic E-state index is -0.178. The van der Waals surface area contributed by atoms with Gasteiger partial charge in [0, 0.05) is 23.0 Å². The third-order valence-electron chi connectivity index (χ3n) is 6.11. The van der Waals surface area contributed by atoms with Crippen LogP contribution in [0.15, 0.2) is 60.7 Å². The maximum Gasteiger partial charge on any atom is 0.119 e. The van der Waals surface area contributed by atoms with Crippen molar-refractivity contribution >= 4 is 0 Å². The molecule has 1 saturated heterocycles. The molecular formula is C21H26NO+. The van der Waals surface area contributed by atoms with Crippen LogP contribution in [0.1, 0.15) is 42.5 Å². The van der Waals surface area contributed by atoms with Crippen molar-refractivity contribution in [2.45, 2.75) is 37.5 Å². The average molecular weight is 308 g/mol. The minimum Gasteiger partial charge on any atom is -0.392 e. The third-order valence-corrected chi connectivity index (χ3v) is 6.11.